The van der Waals surface area contributed by atoms with E-state index >= 15 is 0 Å². The minimum absolute atomic E-state index is 0.179. The molecule has 108 valence electrons. The SMILES string of the molecule is O=C(Nc1cccnc1C(=O)O)c1cc(I)cc(I)c1I. The first-order chi connectivity index (χ1) is 9.90. The number of pyridine rings is 1. The molecule has 0 saturated heterocycles. The van der Waals surface area contributed by atoms with E-state index in [0.29, 0.717) is 5.56 Å². The minimum Gasteiger partial charge on any atom is -0.476 e. The van der Waals surface area contributed by atoms with Crippen molar-refractivity contribution in [1.29, 1.82) is 0 Å². The van der Waals surface area contributed by atoms with Gasteiger partial charge in [0.2, 0.25) is 0 Å². The van der Waals surface area contributed by atoms with Gasteiger partial charge in [-0.2, -0.15) is 0 Å². The summed E-state index contributed by atoms with van der Waals surface area (Å²) in [5.41, 5.74) is 0.507. The van der Waals surface area contributed by atoms with Crippen LogP contribution in [0.5, 0.6) is 0 Å². The number of aromatic carboxylic acids is 1. The fourth-order valence-corrected chi connectivity index (χ4v) is 3.99. The summed E-state index contributed by atoms with van der Waals surface area (Å²) in [6.07, 6.45) is 1.37. The highest BCUT2D eigenvalue weighted by atomic mass is 127. The molecule has 21 heavy (non-hydrogen) atoms. The van der Waals surface area contributed by atoms with Gasteiger partial charge in [0.15, 0.2) is 5.69 Å². The molecule has 1 heterocycles. The number of carboxylic acids is 1. The average molecular weight is 620 g/mol. The summed E-state index contributed by atoms with van der Waals surface area (Å²) in [6, 6.07) is 6.81. The zero-order chi connectivity index (χ0) is 15.6. The van der Waals surface area contributed by atoms with Crippen molar-refractivity contribution in [2.45, 2.75) is 0 Å². The molecule has 8 heteroatoms. The molecule has 1 aromatic carbocycles. The minimum atomic E-state index is -1.18. The van der Waals surface area contributed by atoms with Crippen LogP contribution in [-0.2, 0) is 0 Å². The lowest BCUT2D eigenvalue weighted by molar-refractivity contribution is 0.0692. The number of nitrogens with zero attached hydrogens (tertiary/aromatic N) is 1. The Balaban J connectivity index is 2.38. The molecule has 0 fully saturated rings. The molecule has 0 bridgehead atoms. The predicted molar refractivity (Wildman–Crippen MR) is 104 cm³/mol. The number of carbonyl (C=O) groups excluding carboxylic acids is 1. The molecule has 5 nitrogen and oxygen atoms in total. The summed E-state index contributed by atoms with van der Waals surface area (Å²) in [5, 5.41) is 11.7. The number of hydrogen-bond acceptors (Lipinski definition) is 3. The van der Waals surface area contributed by atoms with Crippen LogP contribution in [0, 0.1) is 10.7 Å². The molecule has 0 radical (unpaired) electrons. The van der Waals surface area contributed by atoms with Gasteiger partial charge in [0.1, 0.15) is 0 Å². The maximum absolute atomic E-state index is 12.4. The van der Waals surface area contributed by atoms with Crippen LogP contribution in [0.15, 0.2) is 30.5 Å². The number of aromatic nitrogens is 1. The van der Waals surface area contributed by atoms with Crippen LogP contribution in [0.3, 0.4) is 0 Å². The first kappa shape index (κ1) is 16.9. The molecule has 0 spiro atoms. The molecule has 0 aliphatic rings. The molecule has 0 aliphatic carbocycles. The van der Waals surface area contributed by atoms with Crippen molar-refractivity contribution in [1.82, 2.24) is 4.98 Å². The smallest absolute Gasteiger partial charge is 0.356 e. The van der Waals surface area contributed by atoms with Gasteiger partial charge in [-0.1, -0.05) is 0 Å². The van der Waals surface area contributed by atoms with Crippen LogP contribution in [0.1, 0.15) is 20.8 Å². The molecule has 2 aromatic rings. The Kier molecular flexibility index (Phi) is 5.76. The van der Waals surface area contributed by atoms with Gasteiger partial charge in [-0.15, -0.1) is 0 Å². The summed E-state index contributed by atoms with van der Waals surface area (Å²) in [6.45, 7) is 0. The Morgan fingerprint density at radius 1 is 1.19 bits per heavy atom. The van der Waals surface area contributed by atoms with E-state index in [1.165, 1.54) is 12.3 Å². The Morgan fingerprint density at radius 3 is 2.57 bits per heavy atom. The Hall–Kier alpha value is -0.500. The molecular weight excluding hydrogens is 613 g/mol. The van der Waals surface area contributed by atoms with Gasteiger partial charge in [-0.3, -0.25) is 4.79 Å². The highest BCUT2D eigenvalue weighted by Crippen LogP contribution is 2.24. The third-order valence-corrected chi connectivity index (χ3v) is 6.16. The molecule has 1 aromatic heterocycles. The van der Waals surface area contributed by atoms with E-state index < -0.39 is 5.97 Å². The molecule has 2 rings (SSSR count). The standard InChI is InChI=1S/C13H7I3N2O3/c14-6-4-7(10(16)8(15)5-6)12(19)18-9-2-1-3-17-11(9)13(20)21/h1-5H,(H,18,19)(H,20,21). The van der Waals surface area contributed by atoms with E-state index in [-0.39, 0.29) is 17.3 Å². The van der Waals surface area contributed by atoms with Crippen LogP contribution in [0.25, 0.3) is 0 Å². The van der Waals surface area contributed by atoms with Crippen molar-refractivity contribution in [2.24, 2.45) is 0 Å². The van der Waals surface area contributed by atoms with E-state index in [9.17, 15) is 9.59 Å². The fourth-order valence-electron chi connectivity index (χ4n) is 1.59. The fraction of sp³-hybridized carbons (Fsp3) is 0. The average Bonchev–Trinajstić information content (AvgIpc) is 2.43. The van der Waals surface area contributed by atoms with E-state index in [1.54, 1.807) is 12.1 Å². The van der Waals surface area contributed by atoms with Crippen molar-refractivity contribution < 1.29 is 14.7 Å². The number of carboxylic acid groups (broad SMARTS) is 1. The molecule has 0 unspecified atom stereocenters. The third kappa shape index (κ3) is 4.03. The van der Waals surface area contributed by atoms with Gasteiger partial charge in [0.25, 0.3) is 5.91 Å². The molecule has 1 amide bonds. The maximum atomic E-state index is 12.4. The summed E-state index contributed by atoms with van der Waals surface area (Å²) >= 11 is 6.39. The normalized spacial score (nSPS) is 10.2. The van der Waals surface area contributed by atoms with E-state index in [1.807, 2.05) is 6.07 Å². The van der Waals surface area contributed by atoms with E-state index in [2.05, 4.69) is 78.1 Å². The summed E-state index contributed by atoms with van der Waals surface area (Å²) < 4.78 is 2.73. The Morgan fingerprint density at radius 2 is 1.90 bits per heavy atom. The lowest BCUT2D eigenvalue weighted by Gasteiger charge is -2.10. The first-order valence-electron chi connectivity index (χ1n) is 5.54. The highest BCUT2D eigenvalue weighted by Gasteiger charge is 2.17. The number of hydrogen-bond donors (Lipinski definition) is 2. The topological polar surface area (TPSA) is 79.3 Å². The van der Waals surface area contributed by atoms with Crippen molar-refractivity contribution in [3.8, 4) is 0 Å². The lowest BCUT2D eigenvalue weighted by atomic mass is 10.2. The maximum Gasteiger partial charge on any atom is 0.356 e. The molecule has 0 atom stereocenters. The van der Waals surface area contributed by atoms with Crippen LogP contribution in [0.4, 0.5) is 5.69 Å². The van der Waals surface area contributed by atoms with Crippen LogP contribution in [-0.4, -0.2) is 22.0 Å². The summed E-state index contributed by atoms with van der Waals surface area (Å²) in [7, 11) is 0. The van der Waals surface area contributed by atoms with Gasteiger partial charge >= 0.3 is 5.97 Å². The van der Waals surface area contributed by atoms with Gasteiger partial charge in [0, 0.05) is 16.9 Å². The number of benzene rings is 1. The van der Waals surface area contributed by atoms with Gasteiger partial charge in [-0.05, 0) is 92.0 Å². The second kappa shape index (κ2) is 7.17. The van der Waals surface area contributed by atoms with Crippen molar-refractivity contribution in [3.05, 3.63) is 52.4 Å². The number of anilines is 1. The molecular formula is C13H7I3N2O3. The van der Waals surface area contributed by atoms with Crippen LogP contribution < -0.4 is 5.32 Å². The first-order valence-corrected chi connectivity index (χ1v) is 8.78. The lowest BCUT2D eigenvalue weighted by Crippen LogP contribution is -2.17. The van der Waals surface area contributed by atoms with E-state index in [0.717, 1.165) is 10.7 Å². The number of nitrogens with one attached hydrogen (secondary N) is 1. The monoisotopic (exact) mass is 620 g/mol. The molecule has 2 N–H and O–H groups in total. The Labute approximate surface area is 161 Å². The number of halogens is 3. The van der Waals surface area contributed by atoms with Gasteiger partial charge in [0.05, 0.1) is 11.3 Å². The summed E-state index contributed by atoms with van der Waals surface area (Å²) in [5.74, 6) is -1.54. The van der Waals surface area contributed by atoms with Crippen LogP contribution in [0.2, 0.25) is 0 Å². The second-order valence-corrected chi connectivity index (χ2v) is 7.39. The van der Waals surface area contributed by atoms with E-state index in [4.69, 9.17) is 5.11 Å². The zero-order valence-corrected chi connectivity index (χ0v) is 16.7. The molecule has 0 aliphatic heterocycles. The largest absolute Gasteiger partial charge is 0.476 e. The van der Waals surface area contributed by atoms with Gasteiger partial charge in [-0.25, -0.2) is 9.78 Å². The van der Waals surface area contributed by atoms with Crippen molar-refractivity contribution in [3.63, 3.8) is 0 Å². The van der Waals surface area contributed by atoms with Crippen molar-refractivity contribution in [2.75, 3.05) is 5.32 Å². The highest BCUT2D eigenvalue weighted by molar-refractivity contribution is 14.1. The summed E-state index contributed by atoms with van der Waals surface area (Å²) in [4.78, 5) is 27.2. The second-order valence-electron chi connectivity index (χ2n) is 3.91. The zero-order valence-electron chi connectivity index (χ0n) is 10.2. The number of rotatable bonds is 3. The van der Waals surface area contributed by atoms with Gasteiger partial charge < -0.3 is 10.4 Å². The quantitative estimate of drug-likeness (QED) is 0.404. The number of amides is 1. The van der Waals surface area contributed by atoms with Crippen molar-refractivity contribution >= 4 is 85.3 Å². The third-order valence-electron chi connectivity index (χ3n) is 2.50. The van der Waals surface area contributed by atoms with Crippen LogP contribution >= 0.6 is 67.8 Å². The predicted octanol–water partition coefficient (Wildman–Crippen LogP) is 3.85. The number of carbonyl (C=O) groups is 2. The molecule has 0 saturated carbocycles. The Bertz CT molecular complexity index is 735.